The van der Waals surface area contributed by atoms with E-state index in [1.54, 1.807) is 24.3 Å². The second kappa shape index (κ2) is 4.91. The lowest BCUT2D eigenvalue weighted by Crippen LogP contribution is -1.97. The standard InChI is InChI=1S/C15H12ClFO/c1-9-3-4-11(7-14(9)10(2)18)13-6-5-12(16)8-15(13)17/h3-8H,1-2H3. The quantitative estimate of drug-likeness (QED) is 0.720. The smallest absolute Gasteiger partial charge is 0.160 e. The highest BCUT2D eigenvalue weighted by Crippen LogP contribution is 2.27. The van der Waals surface area contributed by atoms with Crippen LogP contribution in [-0.4, -0.2) is 5.78 Å². The third-order valence-corrected chi connectivity index (χ3v) is 3.09. The van der Waals surface area contributed by atoms with Gasteiger partial charge in [-0.05, 0) is 49.2 Å². The number of hydrogen-bond acceptors (Lipinski definition) is 1. The summed E-state index contributed by atoms with van der Waals surface area (Å²) in [5.41, 5.74) is 2.63. The Bertz CT molecular complexity index is 620. The Labute approximate surface area is 110 Å². The molecule has 0 N–H and O–H groups in total. The molecule has 0 aliphatic carbocycles. The number of carbonyl (C=O) groups is 1. The zero-order valence-corrected chi connectivity index (χ0v) is 10.9. The monoisotopic (exact) mass is 262 g/mol. The number of rotatable bonds is 2. The summed E-state index contributed by atoms with van der Waals surface area (Å²) >= 11 is 5.72. The number of halogens is 2. The second-order valence-corrected chi connectivity index (χ2v) is 4.65. The van der Waals surface area contributed by atoms with Gasteiger partial charge in [-0.25, -0.2) is 4.39 Å². The fraction of sp³-hybridized carbons (Fsp3) is 0.133. The lowest BCUT2D eigenvalue weighted by molar-refractivity contribution is 0.101. The van der Waals surface area contributed by atoms with E-state index in [1.165, 1.54) is 13.0 Å². The molecule has 0 aliphatic heterocycles. The van der Waals surface area contributed by atoms with Gasteiger partial charge >= 0.3 is 0 Å². The van der Waals surface area contributed by atoms with Crippen molar-refractivity contribution in [3.05, 3.63) is 58.4 Å². The molecule has 0 fully saturated rings. The molecule has 0 aliphatic rings. The van der Waals surface area contributed by atoms with Crippen LogP contribution < -0.4 is 0 Å². The topological polar surface area (TPSA) is 17.1 Å². The molecule has 0 spiro atoms. The minimum absolute atomic E-state index is 0.0243. The van der Waals surface area contributed by atoms with Crippen LogP contribution in [0, 0.1) is 12.7 Å². The molecular weight excluding hydrogens is 251 g/mol. The summed E-state index contributed by atoms with van der Waals surface area (Å²) in [7, 11) is 0. The van der Waals surface area contributed by atoms with Crippen molar-refractivity contribution >= 4 is 17.4 Å². The molecule has 2 rings (SSSR count). The Balaban J connectivity index is 2.58. The maximum Gasteiger partial charge on any atom is 0.160 e. The summed E-state index contributed by atoms with van der Waals surface area (Å²) in [5, 5.41) is 0.357. The second-order valence-electron chi connectivity index (χ2n) is 4.21. The molecule has 3 heteroatoms. The number of benzene rings is 2. The first kappa shape index (κ1) is 12.8. The lowest BCUT2D eigenvalue weighted by Gasteiger charge is -2.08. The van der Waals surface area contributed by atoms with E-state index in [0.29, 0.717) is 21.7 Å². The molecule has 0 aromatic heterocycles. The number of ketones is 1. The van der Waals surface area contributed by atoms with Crippen LogP contribution >= 0.6 is 11.6 Å². The van der Waals surface area contributed by atoms with Crippen molar-refractivity contribution in [1.82, 2.24) is 0 Å². The number of carbonyl (C=O) groups excluding carboxylic acids is 1. The van der Waals surface area contributed by atoms with E-state index in [4.69, 9.17) is 11.6 Å². The van der Waals surface area contributed by atoms with Gasteiger partial charge in [0.05, 0.1) is 0 Å². The third kappa shape index (κ3) is 2.44. The van der Waals surface area contributed by atoms with Gasteiger partial charge < -0.3 is 0 Å². The molecule has 1 nitrogen and oxygen atoms in total. The maximum atomic E-state index is 13.8. The van der Waals surface area contributed by atoms with Gasteiger partial charge in [0.15, 0.2) is 5.78 Å². The molecule has 92 valence electrons. The van der Waals surface area contributed by atoms with Crippen molar-refractivity contribution in [3.63, 3.8) is 0 Å². The van der Waals surface area contributed by atoms with Gasteiger partial charge in [0, 0.05) is 16.1 Å². The number of aryl methyl sites for hydroxylation is 1. The highest BCUT2D eigenvalue weighted by Gasteiger charge is 2.09. The Morgan fingerprint density at radius 1 is 1.17 bits per heavy atom. The van der Waals surface area contributed by atoms with E-state index in [0.717, 1.165) is 5.56 Å². The minimum atomic E-state index is -0.388. The fourth-order valence-electron chi connectivity index (χ4n) is 1.89. The van der Waals surface area contributed by atoms with E-state index in [-0.39, 0.29) is 11.6 Å². The van der Waals surface area contributed by atoms with E-state index >= 15 is 0 Å². The van der Waals surface area contributed by atoms with Gasteiger partial charge in [0.25, 0.3) is 0 Å². The predicted octanol–water partition coefficient (Wildman–Crippen LogP) is 4.66. The Hall–Kier alpha value is -1.67. The summed E-state index contributed by atoms with van der Waals surface area (Å²) in [4.78, 5) is 11.5. The molecular formula is C15H12ClFO. The molecule has 2 aromatic carbocycles. The van der Waals surface area contributed by atoms with Crippen LogP contribution in [0.1, 0.15) is 22.8 Å². The predicted molar refractivity (Wildman–Crippen MR) is 71.6 cm³/mol. The molecule has 2 aromatic rings. The number of hydrogen-bond donors (Lipinski definition) is 0. The van der Waals surface area contributed by atoms with Gasteiger partial charge in [-0.2, -0.15) is 0 Å². The van der Waals surface area contributed by atoms with Gasteiger partial charge in [-0.1, -0.05) is 23.7 Å². The van der Waals surface area contributed by atoms with Gasteiger partial charge in [0.2, 0.25) is 0 Å². The molecule has 0 bridgehead atoms. The van der Waals surface area contributed by atoms with E-state index < -0.39 is 0 Å². The first-order valence-electron chi connectivity index (χ1n) is 5.56. The molecule has 0 saturated carbocycles. The molecule has 18 heavy (non-hydrogen) atoms. The SMILES string of the molecule is CC(=O)c1cc(-c2ccc(Cl)cc2F)ccc1C. The summed E-state index contributed by atoms with van der Waals surface area (Å²) in [6.07, 6.45) is 0. The summed E-state index contributed by atoms with van der Waals surface area (Å²) in [5.74, 6) is -0.412. The van der Waals surface area contributed by atoms with Crippen molar-refractivity contribution in [2.75, 3.05) is 0 Å². The van der Waals surface area contributed by atoms with E-state index in [2.05, 4.69) is 0 Å². The summed E-state index contributed by atoms with van der Waals surface area (Å²) < 4.78 is 13.8. The normalized spacial score (nSPS) is 10.4. The maximum absolute atomic E-state index is 13.8. The third-order valence-electron chi connectivity index (χ3n) is 2.86. The van der Waals surface area contributed by atoms with Gasteiger partial charge in [0.1, 0.15) is 5.82 Å². The number of Topliss-reactive ketones (excluding diaryl/α,β-unsaturated/α-hetero) is 1. The van der Waals surface area contributed by atoms with Crippen molar-refractivity contribution in [1.29, 1.82) is 0 Å². The van der Waals surface area contributed by atoms with E-state index in [1.807, 2.05) is 13.0 Å². The molecule has 0 amide bonds. The zero-order chi connectivity index (χ0) is 13.3. The van der Waals surface area contributed by atoms with E-state index in [9.17, 15) is 9.18 Å². The lowest BCUT2D eigenvalue weighted by atomic mass is 9.98. The average Bonchev–Trinajstić information content (AvgIpc) is 2.30. The Kier molecular flexibility index (Phi) is 3.48. The van der Waals surface area contributed by atoms with Crippen molar-refractivity contribution in [2.45, 2.75) is 13.8 Å². The largest absolute Gasteiger partial charge is 0.295 e. The molecule has 0 radical (unpaired) electrons. The Morgan fingerprint density at radius 2 is 1.89 bits per heavy atom. The van der Waals surface area contributed by atoms with Crippen LogP contribution in [0.25, 0.3) is 11.1 Å². The van der Waals surface area contributed by atoms with Crippen molar-refractivity contribution in [2.24, 2.45) is 0 Å². The molecule has 0 unspecified atom stereocenters. The Morgan fingerprint density at radius 3 is 2.50 bits per heavy atom. The van der Waals surface area contributed by atoms with Crippen LogP contribution in [0.2, 0.25) is 5.02 Å². The molecule has 0 saturated heterocycles. The van der Waals surface area contributed by atoms with Crippen LogP contribution in [0.4, 0.5) is 4.39 Å². The van der Waals surface area contributed by atoms with Crippen molar-refractivity contribution in [3.8, 4) is 11.1 Å². The molecule has 0 heterocycles. The summed E-state index contributed by atoms with van der Waals surface area (Å²) in [6, 6.07) is 9.85. The average molecular weight is 263 g/mol. The van der Waals surface area contributed by atoms with Gasteiger partial charge in [-0.3, -0.25) is 4.79 Å². The molecule has 0 atom stereocenters. The zero-order valence-electron chi connectivity index (χ0n) is 10.1. The fourth-order valence-corrected chi connectivity index (χ4v) is 2.05. The summed E-state index contributed by atoms with van der Waals surface area (Å²) in [6.45, 7) is 3.36. The van der Waals surface area contributed by atoms with Gasteiger partial charge in [-0.15, -0.1) is 0 Å². The van der Waals surface area contributed by atoms with Crippen LogP contribution in [0.15, 0.2) is 36.4 Å². The van der Waals surface area contributed by atoms with Crippen molar-refractivity contribution < 1.29 is 9.18 Å². The highest BCUT2D eigenvalue weighted by atomic mass is 35.5. The van der Waals surface area contributed by atoms with Crippen LogP contribution in [-0.2, 0) is 0 Å². The van der Waals surface area contributed by atoms with Crippen LogP contribution in [0.5, 0.6) is 0 Å². The van der Waals surface area contributed by atoms with Crippen LogP contribution in [0.3, 0.4) is 0 Å². The highest BCUT2D eigenvalue weighted by molar-refractivity contribution is 6.30. The minimum Gasteiger partial charge on any atom is -0.295 e. The first-order chi connectivity index (χ1) is 8.49. The first-order valence-corrected chi connectivity index (χ1v) is 5.94.